The van der Waals surface area contributed by atoms with E-state index in [1.165, 1.54) is 12.8 Å². The molecule has 0 saturated carbocycles. The Kier molecular flexibility index (Phi) is 3.73. The molecule has 0 unspecified atom stereocenters. The summed E-state index contributed by atoms with van der Waals surface area (Å²) in [5.41, 5.74) is 1.01. The Labute approximate surface area is 120 Å². The van der Waals surface area contributed by atoms with Gasteiger partial charge in [-0.25, -0.2) is 4.98 Å². The summed E-state index contributed by atoms with van der Waals surface area (Å²) in [4.78, 5) is 6.83. The highest BCUT2D eigenvalue weighted by molar-refractivity contribution is 9.10. The van der Waals surface area contributed by atoms with E-state index in [1.807, 2.05) is 12.3 Å². The van der Waals surface area contributed by atoms with Crippen LogP contribution in [0.1, 0.15) is 18.6 Å². The van der Waals surface area contributed by atoms with Crippen LogP contribution in [-0.4, -0.2) is 18.1 Å². The molecule has 1 saturated heterocycles. The van der Waals surface area contributed by atoms with Gasteiger partial charge in [-0.3, -0.25) is 0 Å². The number of nitrogens with zero attached hydrogens (tertiary/aromatic N) is 2. The number of anilines is 2. The minimum absolute atomic E-state index is 0.651. The SMILES string of the molecule is Brc1ccoc1CNc1ccc(N2CCCC2)nc1. The van der Waals surface area contributed by atoms with Crippen LogP contribution in [0.5, 0.6) is 0 Å². The lowest BCUT2D eigenvalue weighted by molar-refractivity contribution is 0.516. The molecule has 0 spiro atoms. The molecule has 0 aromatic carbocycles. The van der Waals surface area contributed by atoms with Gasteiger partial charge in [-0.2, -0.15) is 0 Å². The molecule has 0 aliphatic carbocycles. The first-order chi connectivity index (χ1) is 9.33. The predicted molar refractivity (Wildman–Crippen MR) is 79.4 cm³/mol. The fourth-order valence-corrected chi connectivity index (χ4v) is 2.60. The Balaban J connectivity index is 1.61. The maximum Gasteiger partial charge on any atom is 0.136 e. The van der Waals surface area contributed by atoms with Gasteiger partial charge in [-0.15, -0.1) is 0 Å². The molecule has 2 aromatic heterocycles. The maximum atomic E-state index is 5.35. The minimum atomic E-state index is 0.651. The topological polar surface area (TPSA) is 41.3 Å². The molecule has 3 heterocycles. The number of hydrogen-bond acceptors (Lipinski definition) is 4. The molecule has 0 amide bonds. The first-order valence-corrected chi connectivity index (χ1v) is 7.29. The largest absolute Gasteiger partial charge is 0.466 e. The normalized spacial score (nSPS) is 14.9. The van der Waals surface area contributed by atoms with Gasteiger partial charge in [0, 0.05) is 13.1 Å². The highest BCUT2D eigenvalue weighted by atomic mass is 79.9. The highest BCUT2D eigenvalue weighted by Gasteiger charge is 2.12. The highest BCUT2D eigenvalue weighted by Crippen LogP contribution is 2.21. The van der Waals surface area contributed by atoms with Crippen LogP contribution < -0.4 is 10.2 Å². The smallest absolute Gasteiger partial charge is 0.136 e. The average molecular weight is 322 g/mol. The third-order valence-corrected chi connectivity index (χ3v) is 4.03. The summed E-state index contributed by atoms with van der Waals surface area (Å²) in [5, 5.41) is 3.30. The number of pyridine rings is 1. The molecule has 1 N–H and O–H groups in total. The van der Waals surface area contributed by atoms with Crippen LogP contribution in [0.25, 0.3) is 0 Å². The first kappa shape index (κ1) is 12.5. The van der Waals surface area contributed by atoms with Crippen molar-refractivity contribution in [2.45, 2.75) is 19.4 Å². The standard InChI is InChI=1S/C14H16BrN3O/c15-12-5-8-19-13(12)10-16-11-3-4-14(17-9-11)18-6-1-2-7-18/h3-5,8-9,16H,1-2,6-7,10H2. The number of halogens is 1. The van der Waals surface area contributed by atoms with E-state index in [1.54, 1.807) is 6.26 Å². The Morgan fingerprint density at radius 2 is 2.11 bits per heavy atom. The second-order valence-electron chi connectivity index (χ2n) is 4.64. The molecule has 1 aliphatic heterocycles. The van der Waals surface area contributed by atoms with Crippen LogP contribution in [-0.2, 0) is 6.54 Å². The van der Waals surface area contributed by atoms with E-state index in [0.717, 1.165) is 34.8 Å². The van der Waals surface area contributed by atoms with Gasteiger partial charge in [-0.1, -0.05) is 0 Å². The van der Waals surface area contributed by atoms with Crippen molar-refractivity contribution in [1.82, 2.24) is 4.98 Å². The first-order valence-electron chi connectivity index (χ1n) is 6.50. The van der Waals surface area contributed by atoms with E-state index in [9.17, 15) is 0 Å². The van der Waals surface area contributed by atoms with Crippen molar-refractivity contribution >= 4 is 27.4 Å². The summed E-state index contributed by atoms with van der Waals surface area (Å²) in [6.07, 6.45) is 6.10. The molecule has 3 rings (SSSR count). The van der Waals surface area contributed by atoms with E-state index < -0.39 is 0 Å². The van der Waals surface area contributed by atoms with Crippen molar-refractivity contribution in [2.75, 3.05) is 23.3 Å². The number of furan rings is 1. The van der Waals surface area contributed by atoms with Crippen molar-refractivity contribution < 1.29 is 4.42 Å². The number of nitrogens with one attached hydrogen (secondary N) is 1. The zero-order chi connectivity index (χ0) is 13.1. The third kappa shape index (κ3) is 2.92. The Bertz CT molecular complexity index is 532. The second-order valence-corrected chi connectivity index (χ2v) is 5.50. The van der Waals surface area contributed by atoms with Crippen molar-refractivity contribution in [2.24, 2.45) is 0 Å². The van der Waals surface area contributed by atoms with Gasteiger partial charge >= 0.3 is 0 Å². The Morgan fingerprint density at radius 1 is 1.26 bits per heavy atom. The zero-order valence-electron chi connectivity index (χ0n) is 10.6. The summed E-state index contributed by atoms with van der Waals surface area (Å²) < 4.78 is 6.34. The van der Waals surface area contributed by atoms with E-state index in [4.69, 9.17) is 4.42 Å². The third-order valence-electron chi connectivity index (χ3n) is 3.32. The fourth-order valence-electron chi connectivity index (χ4n) is 2.26. The van der Waals surface area contributed by atoms with Gasteiger partial charge < -0.3 is 14.6 Å². The van der Waals surface area contributed by atoms with Crippen LogP contribution in [0.3, 0.4) is 0 Å². The molecule has 19 heavy (non-hydrogen) atoms. The van der Waals surface area contributed by atoms with Gasteiger partial charge in [0.05, 0.1) is 29.2 Å². The van der Waals surface area contributed by atoms with Gasteiger partial charge in [0.15, 0.2) is 0 Å². The van der Waals surface area contributed by atoms with Gasteiger partial charge in [0.2, 0.25) is 0 Å². The maximum absolute atomic E-state index is 5.35. The lowest BCUT2D eigenvalue weighted by Gasteiger charge is -2.16. The van der Waals surface area contributed by atoms with Gasteiger partial charge in [0.1, 0.15) is 11.6 Å². The van der Waals surface area contributed by atoms with E-state index in [-0.39, 0.29) is 0 Å². The van der Waals surface area contributed by atoms with Crippen LogP contribution in [0.4, 0.5) is 11.5 Å². The van der Waals surface area contributed by atoms with Crippen LogP contribution in [0.15, 0.2) is 39.5 Å². The Morgan fingerprint density at radius 3 is 2.74 bits per heavy atom. The predicted octanol–water partition coefficient (Wildman–Crippen LogP) is 3.65. The van der Waals surface area contributed by atoms with Gasteiger partial charge in [0.25, 0.3) is 0 Å². The van der Waals surface area contributed by atoms with E-state index in [2.05, 4.69) is 43.3 Å². The summed E-state index contributed by atoms with van der Waals surface area (Å²) in [5.74, 6) is 1.96. The summed E-state index contributed by atoms with van der Waals surface area (Å²) in [6.45, 7) is 2.90. The number of hydrogen-bond donors (Lipinski definition) is 1. The molecule has 100 valence electrons. The quantitative estimate of drug-likeness (QED) is 0.933. The molecule has 1 aliphatic rings. The average Bonchev–Trinajstić information content (AvgIpc) is 3.09. The lowest BCUT2D eigenvalue weighted by atomic mass is 10.3. The molecule has 0 radical (unpaired) electrons. The monoisotopic (exact) mass is 321 g/mol. The molecular weight excluding hydrogens is 306 g/mol. The van der Waals surface area contributed by atoms with Crippen molar-refractivity contribution in [3.63, 3.8) is 0 Å². The van der Waals surface area contributed by atoms with E-state index in [0.29, 0.717) is 6.54 Å². The molecule has 5 heteroatoms. The van der Waals surface area contributed by atoms with Crippen molar-refractivity contribution in [1.29, 1.82) is 0 Å². The molecule has 4 nitrogen and oxygen atoms in total. The molecule has 0 atom stereocenters. The van der Waals surface area contributed by atoms with E-state index >= 15 is 0 Å². The van der Waals surface area contributed by atoms with Crippen LogP contribution in [0.2, 0.25) is 0 Å². The zero-order valence-corrected chi connectivity index (χ0v) is 12.2. The van der Waals surface area contributed by atoms with Crippen molar-refractivity contribution in [3.05, 3.63) is 40.9 Å². The fraction of sp³-hybridized carbons (Fsp3) is 0.357. The molecular formula is C14H16BrN3O. The van der Waals surface area contributed by atoms with Crippen LogP contribution >= 0.6 is 15.9 Å². The Hall–Kier alpha value is -1.49. The number of rotatable bonds is 4. The summed E-state index contributed by atoms with van der Waals surface area (Å²) in [6, 6.07) is 6.04. The minimum Gasteiger partial charge on any atom is -0.466 e. The molecule has 1 fully saturated rings. The summed E-state index contributed by atoms with van der Waals surface area (Å²) >= 11 is 3.44. The molecule has 0 bridgehead atoms. The van der Waals surface area contributed by atoms with Crippen LogP contribution in [0, 0.1) is 0 Å². The number of aromatic nitrogens is 1. The lowest BCUT2D eigenvalue weighted by Crippen LogP contribution is -2.18. The molecule has 2 aromatic rings. The van der Waals surface area contributed by atoms with Crippen molar-refractivity contribution in [3.8, 4) is 0 Å². The second kappa shape index (κ2) is 5.65. The van der Waals surface area contributed by atoms with Gasteiger partial charge in [-0.05, 0) is 47.0 Å². The summed E-state index contributed by atoms with van der Waals surface area (Å²) in [7, 11) is 0.